The van der Waals surface area contributed by atoms with Crippen molar-refractivity contribution in [2.45, 2.75) is 25.8 Å². The molecular weight excluding hydrogens is 275 g/mol. The van der Waals surface area contributed by atoms with Crippen molar-refractivity contribution in [1.82, 2.24) is 5.32 Å². The maximum Gasteiger partial charge on any atom is 0.251 e. The van der Waals surface area contributed by atoms with Gasteiger partial charge in [0.15, 0.2) is 0 Å². The number of thiophene rings is 1. The van der Waals surface area contributed by atoms with E-state index in [4.69, 9.17) is 5.73 Å². The number of rotatable bonds is 3. The maximum absolute atomic E-state index is 13.2. The van der Waals surface area contributed by atoms with Crippen molar-refractivity contribution < 1.29 is 9.18 Å². The Morgan fingerprint density at radius 3 is 2.90 bits per heavy atom. The van der Waals surface area contributed by atoms with E-state index < -0.39 is 5.82 Å². The first-order chi connectivity index (χ1) is 9.61. The molecule has 1 aromatic carbocycles. The van der Waals surface area contributed by atoms with Crippen LogP contribution < -0.4 is 11.1 Å². The Labute approximate surface area is 120 Å². The van der Waals surface area contributed by atoms with Crippen molar-refractivity contribution in [2.75, 3.05) is 5.73 Å². The fourth-order valence-corrected chi connectivity index (χ4v) is 3.69. The number of amides is 1. The van der Waals surface area contributed by atoms with Gasteiger partial charge in [-0.05, 0) is 49.1 Å². The predicted octanol–water partition coefficient (Wildman–Crippen LogP) is 2.89. The second-order valence-corrected chi connectivity index (χ2v) is 6.19. The molecule has 1 aliphatic rings. The van der Waals surface area contributed by atoms with Crippen LogP contribution in [-0.4, -0.2) is 5.91 Å². The highest BCUT2D eigenvalue weighted by molar-refractivity contribution is 7.12. The minimum absolute atomic E-state index is 0.255. The van der Waals surface area contributed by atoms with E-state index in [2.05, 4.69) is 11.4 Å². The van der Waals surface area contributed by atoms with E-state index in [-0.39, 0.29) is 17.2 Å². The Balaban J connectivity index is 1.66. The molecule has 2 aromatic rings. The van der Waals surface area contributed by atoms with Crippen molar-refractivity contribution >= 4 is 22.9 Å². The SMILES string of the molecule is Nc1cc(F)cc(C(=O)NCc2cc3c(s2)CCC3)c1. The van der Waals surface area contributed by atoms with Crippen molar-refractivity contribution in [3.8, 4) is 0 Å². The van der Waals surface area contributed by atoms with E-state index in [0.717, 1.165) is 17.7 Å². The number of hydrogen-bond acceptors (Lipinski definition) is 3. The Bertz CT molecular complexity index is 624. The summed E-state index contributed by atoms with van der Waals surface area (Å²) in [5.41, 5.74) is 7.46. The number of benzene rings is 1. The van der Waals surface area contributed by atoms with Crippen LogP contribution in [0.15, 0.2) is 24.3 Å². The minimum Gasteiger partial charge on any atom is -0.399 e. The van der Waals surface area contributed by atoms with Gasteiger partial charge in [-0.1, -0.05) is 0 Å². The smallest absolute Gasteiger partial charge is 0.251 e. The molecule has 20 heavy (non-hydrogen) atoms. The molecule has 0 spiro atoms. The van der Waals surface area contributed by atoms with Gasteiger partial charge in [0.25, 0.3) is 5.91 Å². The molecule has 3 nitrogen and oxygen atoms in total. The van der Waals surface area contributed by atoms with E-state index in [1.165, 1.54) is 35.1 Å². The van der Waals surface area contributed by atoms with Gasteiger partial charge in [-0.2, -0.15) is 0 Å². The van der Waals surface area contributed by atoms with Crippen LogP contribution in [0.1, 0.15) is 32.1 Å². The van der Waals surface area contributed by atoms with Crippen LogP contribution in [0.3, 0.4) is 0 Å². The largest absolute Gasteiger partial charge is 0.399 e. The summed E-state index contributed by atoms with van der Waals surface area (Å²) in [6.07, 6.45) is 3.52. The molecule has 0 saturated carbocycles. The Morgan fingerprint density at radius 2 is 2.15 bits per heavy atom. The third kappa shape index (κ3) is 2.67. The van der Waals surface area contributed by atoms with E-state index in [9.17, 15) is 9.18 Å². The summed E-state index contributed by atoms with van der Waals surface area (Å²) in [6.45, 7) is 0.479. The fourth-order valence-electron chi connectivity index (χ4n) is 2.49. The molecule has 3 rings (SSSR count). The standard InChI is InChI=1S/C15H15FN2OS/c16-11-4-10(5-12(17)7-11)15(19)18-8-13-6-9-2-1-3-14(9)20-13/h4-7H,1-3,8,17H2,(H,18,19). The summed E-state index contributed by atoms with van der Waals surface area (Å²) >= 11 is 1.75. The molecule has 1 amide bonds. The van der Waals surface area contributed by atoms with Crippen molar-refractivity contribution in [3.63, 3.8) is 0 Å². The molecule has 1 heterocycles. The topological polar surface area (TPSA) is 55.1 Å². The summed E-state index contributed by atoms with van der Waals surface area (Å²) in [4.78, 5) is 14.5. The third-order valence-electron chi connectivity index (χ3n) is 3.40. The Kier molecular flexibility index (Phi) is 3.44. The highest BCUT2D eigenvalue weighted by atomic mass is 32.1. The molecule has 0 aliphatic heterocycles. The lowest BCUT2D eigenvalue weighted by Crippen LogP contribution is -2.22. The van der Waals surface area contributed by atoms with E-state index in [0.29, 0.717) is 6.54 Å². The lowest BCUT2D eigenvalue weighted by molar-refractivity contribution is 0.0951. The average Bonchev–Trinajstić information content (AvgIpc) is 2.95. The van der Waals surface area contributed by atoms with Crippen LogP contribution in [0.2, 0.25) is 0 Å². The number of nitrogens with one attached hydrogen (secondary N) is 1. The number of carbonyl (C=O) groups excluding carboxylic acids is 1. The van der Waals surface area contributed by atoms with E-state index in [1.54, 1.807) is 11.3 Å². The fraction of sp³-hybridized carbons (Fsp3) is 0.267. The summed E-state index contributed by atoms with van der Waals surface area (Å²) in [6, 6.07) is 6.03. The number of nitrogen functional groups attached to an aromatic ring is 1. The van der Waals surface area contributed by atoms with Crippen LogP contribution in [0, 0.1) is 5.82 Å². The highest BCUT2D eigenvalue weighted by Crippen LogP contribution is 2.30. The van der Waals surface area contributed by atoms with Crippen LogP contribution in [0.4, 0.5) is 10.1 Å². The van der Waals surface area contributed by atoms with Gasteiger partial charge in [0.05, 0.1) is 6.54 Å². The van der Waals surface area contributed by atoms with Gasteiger partial charge >= 0.3 is 0 Å². The van der Waals surface area contributed by atoms with Gasteiger partial charge in [-0.25, -0.2) is 4.39 Å². The molecule has 0 unspecified atom stereocenters. The quantitative estimate of drug-likeness (QED) is 0.854. The Morgan fingerprint density at radius 1 is 1.30 bits per heavy atom. The van der Waals surface area contributed by atoms with Crippen LogP contribution in [0.5, 0.6) is 0 Å². The second kappa shape index (κ2) is 5.25. The molecule has 0 radical (unpaired) electrons. The first-order valence-corrected chi connectivity index (χ1v) is 7.38. The third-order valence-corrected chi connectivity index (χ3v) is 4.64. The zero-order valence-corrected chi connectivity index (χ0v) is 11.7. The summed E-state index contributed by atoms with van der Waals surface area (Å²) < 4.78 is 13.2. The van der Waals surface area contributed by atoms with Crippen LogP contribution >= 0.6 is 11.3 Å². The van der Waals surface area contributed by atoms with Gasteiger partial charge < -0.3 is 11.1 Å². The molecule has 104 valence electrons. The number of hydrogen-bond donors (Lipinski definition) is 2. The molecule has 1 aliphatic carbocycles. The lowest BCUT2D eigenvalue weighted by atomic mass is 10.2. The number of nitrogens with two attached hydrogens (primary N) is 1. The monoisotopic (exact) mass is 290 g/mol. The first-order valence-electron chi connectivity index (χ1n) is 6.56. The number of anilines is 1. The summed E-state index contributed by atoms with van der Waals surface area (Å²) in [5.74, 6) is -0.796. The second-order valence-electron chi connectivity index (χ2n) is 4.97. The molecule has 5 heteroatoms. The number of aryl methyl sites for hydroxylation is 2. The van der Waals surface area contributed by atoms with Crippen LogP contribution in [0.25, 0.3) is 0 Å². The Hall–Kier alpha value is -1.88. The summed E-state index contributed by atoms with van der Waals surface area (Å²) in [7, 11) is 0. The highest BCUT2D eigenvalue weighted by Gasteiger charge is 2.15. The molecular formula is C15H15FN2OS. The van der Waals surface area contributed by atoms with Gasteiger partial charge in [0, 0.05) is 21.0 Å². The van der Waals surface area contributed by atoms with Gasteiger partial charge in [-0.3, -0.25) is 4.79 Å². The van der Waals surface area contributed by atoms with Gasteiger partial charge in [-0.15, -0.1) is 11.3 Å². The lowest BCUT2D eigenvalue weighted by Gasteiger charge is -2.05. The molecule has 3 N–H and O–H groups in total. The maximum atomic E-state index is 13.2. The molecule has 0 bridgehead atoms. The number of halogens is 1. The van der Waals surface area contributed by atoms with Crippen molar-refractivity contribution in [1.29, 1.82) is 0 Å². The van der Waals surface area contributed by atoms with Gasteiger partial charge in [0.1, 0.15) is 5.82 Å². The molecule has 0 atom stereocenters. The summed E-state index contributed by atoms with van der Waals surface area (Å²) in [5, 5.41) is 2.81. The molecule has 1 aromatic heterocycles. The normalized spacial score (nSPS) is 13.2. The minimum atomic E-state index is -0.495. The van der Waals surface area contributed by atoms with Crippen molar-refractivity contribution in [3.05, 3.63) is 51.0 Å². The predicted molar refractivity (Wildman–Crippen MR) is 78.3 cm³/mol. The van der Waals surface area contributed by atoms with E-state index in [1.807, 2.05) is 0 Å². The first kappa shape index (κ1) is 13.1. The van der Waals surface area contributed by atoms with Crippen molar-refractivity contribution in [2.24, 2.45) is 0 Å². The van der Waals surface area contributed by atoms with Crippen LogP contribution in [-0.2, 0) is 19.4 Å². The number of carbonyl (C=O) groups is 1. The van der Waals surface area contributed by atoms with E-state index >= 15 is 0 Å². The zero-order chi connectivity index (χ0) is 14.1. The number of fused-ring (bicyclic) bond motifs is 1. The van der Waals surface area contributed by atoms with Gasteiger partial charge in [0.2, 0.25) is 0 Å². The average molecular weight is 290 g/mol. The molecule has 0 fully saturated rings. The zero-order valence-electron chi connectivity index (χ0n) is 10.9. The molecule has 0 saturated heterocycles.